The van der Waals surface area contributed by atoms with E-state index in [1.807, 2.05) is 26.0 Å². The van der Waals surface area contributed by atoms with Gasteiger partial charge in [-0.25, -0.2) is 4.98 Å². The number of amides is 1. The minimum absolute atomic E-state index is 0.0164. The molecule has 3 aromatic rings. The fourth-order valence-corrected chi connectivity index (χ4v) is 4.86. The predicted molar refractivity (Wildman–Crippen MR) is 137 cm³/mol. The first kappa shape index (κ1) is 24.1. The van der Waals surface area contributed by atoms with Gasteiger partial charge >= 0.3 is 0 Å². The van der Waals surface area contributed by atoms with Gasteiger partial charge in [-0.15, -0.1) is 0 Å². The number of likely N-dealkylation sites (tertiary alicyclic amines) is 1. The van der Waals surface area contributed by atoms with E-state index in [0.29, 0.717) is 18.8 Å². The highest BCUT2D eigenvalue weighted by Crippen LogP contribution is 2.21. The van der Waals surface area contributed by atoms with Gasteiger partial charge in [0, 0.05) is 26.1 Å². The maximum Gasteiger partial charge on any atom is 0.272 e. The van der Waals surface area contributed by atoms with E-state index in [0.717, 1.165) is 54.1 Å². The van der Waals surface area contributed by atoms with Crippen LogP contribution >= 0.6 is 0 Å². The Hall–Kier alpha value is -2.99. The number of aromatic nitrogens is 2. The molecule has 1 aliphatic rings. The van der Waals surface area contributed by atoms with Gasteiger partial charge in [0.2, 0.25) is 5.91 Å². The molecule has 6 heteroatoms. The Bertz CT molecular complexity index is 1190. The lowest BCUT2D eigenvalue weighted by Gasteiger charge is -2.32. The zero-order valence-electron chi connectivity index (χ0n) is 20.6. The van der Waals surface area contributed by atoms with Gasteiger partial charge in [-0.3, -0.25) is 9.59 Å². The topological polar surface area (TPSA) is 67.2 Å². The number of nitrogens with zero attached hydrogens (tertiary/aromatic N) is 3. The van der Waals surface area contributed by atoms with Crippen molar-refractivity contribution in [3.8, 4) is 0 Å². The normalized spacial score (nSPS) is 15.0. The van der Waals surface area contributed by atoms with Crippen molar-refractivity contribution in [2.75, 3.05) is 26.2 Å². The highest BCUT2D eigenvalue weighted by molar-refractivity contribution is 5.78. The van der Waals surface area contributed by atoms with Crippen LogP contribution in [0.4, 0.5) is 0 Å². The van der Waals surface area contributed by atoms with E-state index in [4.69, 9.17) is 0 Å². The smallest absolute Gasteiger partial charge is 0.272 e. The van der Waals surface area contributed by atoms with Gasteiger partial charge in [0.25, 0.3) is 5.56 Å². The second-order valence-corrected chi connectivity index (χ2v) is 9.65. The molecule has 1 N–H and O–H groups in total. The number of piperidine rings is 1. The Morgan fingerprint density at radius 1 is 1.03 bits per heavy atom. The fourth-order valence-electron chi connectivity index (χ4n) is 4.86. The summed E-state index contributed by atoms with van der Waals surface area (Å²) in [4.78, 5) is 32.1. The molecule has 0 radical (unpaired) electrons. The van der Waals surface area contributed by atoms with Crippen LogP contribution in [0, 0.1) is 26.7 Å². The molecular weight excluding hydrogens is 424 g/mol. The number of nitrogens with one attached hydrogen (secondary N) is 1. The summed E-state index contributed by atoms with van der Waals surface area (Å²) in [5.74, 6) is 0.731. The largest absolute Gasteiger partial charge is 0.355 e. The quantitative estimate of drug-likeness (QED) is 0.556. The first-order valence-electron chi connectivity index (χ1n) is 12.4. The van der Waals surface area contributed by atoms with Crippen molar-refractivity contribution in [3.63, 3.8) is 0 Å². The van der Waals surface area contributed by atoms with Gasteiger partial charge in [-0.1, -0.05) is 30.3 Å². The van der Waals surface area contributed by atoms with Gasteiger partial charge in [0.1, 0.15) is 5.69 Å². The summed E-state index contributed by atoms with van der Waals surface area (Å²) in [6.07, 6.45) is 3.86. The third kappa shape index (κ3) is 5.92. The van der Waals surface area contributed by atoms with Crippen LogP contribution in [0.5, 0.6) is 0 Å². The number of benzene rings is 2. The molecule has 1 aromatic heterocycles. The second-order valence-electron chi connectivity index (χ2n) is 9.65. The van der Waals surface area contributed by atoms with Crippen LogP contribution in [0.15, 0.2) is 47.3 Å². The average Bonchev–Trinajstić information content (AvgIpc) is 2.83. The van der Waals surface area contributed by atoms with Crippen molar-refractivity contribution in [2.24, 2.45) is 5.92 Å². The molecule has 0 saturated carbocycles. The summed E-state index contributed by atoms with van der Waals surface area (Å²) < 4.78 is 1.70. The molecule has 2 heterocycles. The molecule has 34 heavy (non-hydrogen) atoms. The SMILES string of the molecule is Cc1cc2nc(C)c(=O)n(CCC(=O)NCCN3CCC(Cc4ccccc4)CC3)c2cc1C. The number of carbonyl (C=O) groups is 1. The maximum atomic E-state index is 12.7. The number of fused-ring (bicyclic) bond motifs is 1. The van der Waals surface area contributed by atoms with Crippen molar-refractivity contribution >= 4 is 16.9 Å². The van der Waals surface area contributed by atoms with Crippen molar-refractivity contribution in [2.45, 2.75) is 53.0 Å². The number of carbonyl (C=O) groups excluding carboxylic acids is 1. The van der Waals surface area contributed by atoms with Crippen molar-refractivity contribution in [3.05, 3.63) is 75.2 Å². The van der Waals surface area contributed by atoms with Gasteiger partial charge in [-0.05, 0) is 87.9 Å². The van der Waals surface area contributed by atoms with Crippen molar-refractivity contribution in [1.29, 1.82) is 0 Å². The number of hydrogen-bond donors (Lipinski definition) is 1. The summed E-state index contributed by atoms with van der Waals surface area (Å²) in [6.45, 7) is 9.86. The van der Waals surface area contributed by atoms with Crippen LogP contribution in [0.3, 0.4) is 0 Å². The molecule has 0 spiro atoms. The Morgan fingerprint density at radius 3 is 2.47 bits per heavy atom. The Balaban J connectivity index is 1.23. The predicted octanol–water partition coefficient (Wildman–Crippen LogP) is 3.78. The van der Waals surface area contributed by atoms with Crippen LogP contribution in [-0.2, 0) is 17.8 Å². The molecule has 180 valence electrons. The van der Waals surface area contributed by atoms with Crippen LogP contribution in [0.1, 0.15) is 41.6 Å². The lowest BCUT2D eigenvalue weighted by molar-refractivity contribution is -0.121. The number of aryl methyl sites for hydroxylation is 4. The van der Waals surface area contributed by atoms with E-state index in [-0.39, 0.29) is 17.9 Å². The fraction of sp³-hybridized carbons (Fsp3) is 0.464. The van der Waals surface area contributed by atoms with E-state index < -0.39 is 0 Å². The third-order valence-electron chi connectivity index (χ3n) is 7.11. The van der Waals surface area contributed by atoms with Gasteiger partial charge < -0.3 is 14.8 Å². The lowest BCUT2D eigenvalue weighted by atomic mass is 9.90. The first-order valence-corrected chi connectivity index (χ1v) is 12.4. The van der Waals surface area contributed by atoms with E-state index >= 15 is 0 Å². The molecule has 4 rings (SSSR count). The molecule has 0 atom stereocenters. The van der Waals surface area contributed by atoms with Crippen molar-refractivity contribution in [1.82, 2.24) is 19.8 Å². The monoisotopic (exact) mass is 460 g/mol. The molecule has 1 aliphatic heterocycles. The average molecular weight is 461 g/mol. The second kappa shape index (κ2) is 11.0. The zero-order valence-corrected chi connectivity index (χ0v) is 20.6. The minimum Gasteiger partial charge on any atom is -0.355 e. The van der Waals surface area contributed by atoms with E-state index in [1.54, 1.807) is 11.5 Å². The summed E-state index contributed by atoms with van der Waals surface area (Å²) in [7, 11) is 0. The van der Waals surface area contributed by atoms with Gasteiger partial charge in [-0.2, -0.15) is 0 Å². The number of hydrogen-bond acceptors (Lipinski definition) is 4. The van der Waals surface area contributed by atoms with E-state index in [1.165, 1.54) is 18.4 Å². The number of rotatable bonds is 8. The van der Waals surface area contributed by atoms with Crippen molar-refractivity contribution < 1.29 is 4.79 Å². The standard InChI is InChI=1S/C28H36N4O2/c1-20-17-25-26(18-21(20)2)32(28(34)22(3)30-25)15-11-27(33)29-12-16-31-13-9-24(10-14-31)19-23-7-5-4-6-8-23/h4-8,17-18,24H,9-16,19H2,1-3H3,(H,29,33). The summed E-state index contributed by atoms with van der Waals surface area (Å²) >= 11 is 0. The van der Waals surface area contributed by atoms with E-state index in [9.17, 15) is 9.59 Å². The third-order valence-corrected chi connectivity index (χ3v) is 7.11. The Labute approximate surface area is 202 Å². The van der Waals surface area contributed by atoms with Crippen LogP contribution < -0.4 is 10.9 Å². The van der Waals surface area contributed by atoms with Crippen LogP contribution in [0.2, 0.25) is 0 Å². The molecule has 1 amide bonds. The lowest BCUT2D eigenvalue weighted by Crippen LogP contribution is -2.40. The van der Waals surface area contributed by atoms with Gasteiger partial charge in [0.15, 0.2) is 0 Å². The molecular formula is C28H36N4O2. The molecule has 0 aliphatic carbocycles. The molecule has 2 aromatic carbocycles. The Kier molecular flexibility index (Phi) is 7.78. The van der Waals surface area contributed by atoms with Crippen LogP contribution in [-0.4, -0.2) is 46.5 Å². The summed E-state index contributed by atoms with van der Waals surface area (Å²) in [6, 6.07) is 14.7. The first-order chi connectivity index (χ1) is 16.4. The molecule has 6 nitrogen and oxygen atoms in total. The molecule has 0 bridgehead atoms. The molecule has 0 unspecified atom stereocenters. The highest BCUT2D eigenvalue weighted by atomic mass is 16.2. The van der Waals surface area contributed by atoms with Gasteiger partial charge in [0.05, 0.1) is 11.0 Å². The van der Waals surface area contributed by atoms with E-state index in [2.05, 4.69) is 45.5 Å². The summed E-state index contributed by atoms with van der Waals surface area (Å²) in [5, 5.41) is 3.04. The Morgan fingerprint density at radius 2 is 1.74 bits per heavy atom. The zero-order chi connectivity index (χ0) is 24.1. The van der Waals surface area contributed by atoms with Crippen LogP contribution in [0.25, 0.3) is 11.0 Å². The minimum atomic E-state index is -0.123. The summed E-state index contributed by atoms with van der Waals surface area (Å²) in [5.41, 5.74) is 5.62. The highest BCUT2D eigenvalue weighted by Gasteiger charge is 2.19. The maximum absolute atomic E-state index is 12.7. The molecule has 1 saturated heterocycles. The molecule has 1 fully saturated rings.